The molecule has 0 radical (unpaired) electrons. The molecular weight excluding hydrogens is 2530 g/mol. The molecule has 0 bridgehead atoms. The minimum Gasteiger partial charge on any atom is -0.506 e. The molecule has 0 unspecified atom stereocenters. The molecule has 4 N–H and O–H groups in total. The molecule has 23 rings (SSSR count). The van der Waals surface area contributed by atoms with Crippen LogP contribution in [0.4, 0.5) is 39.9 Å². The molecule has 25 heteroatoms. The summed E-state index contributed by atoms with van der Waals surface area (Å²) in [7, 11) is -2.72. The summed E-state index contributed by atoms with van der Waals surface area (Å²) >= 11 is 0. The number of phenols is 4. The van der Waals surface area contributed by atoms with Crippen LogP contribution in [0.5, 0.6) is 34.5 Å². The van der Waals surface area contributed by atoms with Crippen molar-refractivity contribution in [3.05, 3.63) is 571 Å². The molecule has 20 nitrogen and oxygen atoms in total. The zero-order valence-electron chi connectivity index (χ0n) is 77.0. The Morgan fingerprint density at radius 2 is 0.764 bits per heavy atom. The van der Waals surface area contributed by atoms with Crippen LogP contribution in [0.15, 0.2) is 487 Å². The van der Waals surface area contributed by atoms with Crippen LogP contribution in [0.3, 0.4) is 0 Å². The van der Waals surface area contributed by atoms with Crippen molar-refractivity contribution < 1.29 is 114 Å². The SMILES string of the molecule is Oc1ccccc1N1C=CN(Cc2[c-]c(C(c3ccccc3)(c3ccccc3)c3ccccn3)ccc2)[CH-]1.Oc1ccccc1N1C=CN(Cc2[c-]c([Si](c3ccccc3)(c3ccccc3)c3ccccn3)ccc2)[CH-]1.Oc1ccccc1N1C=CN(Oc2[c-]c(N(c3ccccc3)c3ccccn3)ccc2)[CH-]1.Oc1ccccc1N1C=CN(Oc2[c-]c3c(cc2)c2ccccc2n3-c2ccccn2)[CH-]1.[Pt+2].[Pt+2].[Pt+2].[Pt+2]. The van der Waals surface area contributed by atoms with Gasteiger partial charge in [0, 0.05) is 65.2 Å². The zero-order chi connectivity index (χ0) is 94.8. The van der Waals surface area contributed by atoms with E-state index in [1.54, 1.807) is 94.5 Å². The van der Waals surface area contributed by atoms with Crippen LogP contribution in [0.2, 0.25) is 0 Å². The summed E-state index contributed by atoms with van der Waals surface area (Å²) in [5, 5.41) is 50.9. The largest absolute Gasteiger partial charge is 2.00 e. The minimum absolute atomic E-state index is 0. The molecule has 144 heavy (non-hydrogen) atoms. The minimum atomic E-state index is -2.72. The van der Waals surface area contributed by atoms with Crippen LogP contribution in [0.1, 0.15) is 33.5 Å². The summed E-state index contributed by atoms with van der Waals surface area (Å²) in [6.45, 7) is 8.76. The number of benzene rings is 14. The number of phenolic OH excluding ortho intramolecular Hbond substituents is 4. The standard InChI is InChI=1S/C34H27N3O.C33H27N3OSi.C26H18N4O2.C26H20N4O2.4Pt/c38-32-19-8-7-18-31(32)37-23-22-36(26-37)25-27-12-11-17-30(24-27)34(28-13-3-1-4-14-28,29-15-5-2-6-16-29)33-20-9-10-21-35-33;37-32-19-8-7-18-31(32)36-23-22-35(26-36)25-27-12-11-17-30(24-27)38(28-13-3-1-4-14-28,29-15-5-2-6-16-29)33-20-9-10-21-34-33;31-25-10-4-3-9-23(25)28-15-16-29(18-28)32-19-12-13-21-20-7-1-2-8-22(20)30(24(21)17-19)26-11-5-6-14-27-26;31-25-14-5-4-13-24(25)28-17-18-29(20-28)32-23-12-8-11-22(19-23)30(21-9-2-1-3-10-21)26-15-6-7-16-27-26;;;;/h1-23,26,38H,25H2;1-23,26,37H,25H2;1-16,18,31H;1-18,20,31H;;;;/q4*-2;4*+2. The Kier molecular flexibility index (Phi) is 33.6. The number of hydrogen-bond acceptors (Lipinski definition) is 19. The smallest absolute Gasteiger partial charge is 0.506 e. The first-order valence-electron chi connectivity index (χ1n) is 45.6. The van der Waals surface area contributed by atoms with Gasteiger partial charge in [-0.1, -0.05) is 242 Å². The van der Waals surface area contributed by atoms with E-state index in [2.05, 4.69) is 225 Å². The van der Waals surface area contributed by atoms with Gasteiger partial charge in [-0.3, -0.25) is 9.97 Å². The van der Waals surface area contributed by atoms with Gasteiger partial charge in [-0.05, 0) is 192 Å². The second-order valence-corrected chi connectivity index (χ2v) is 36.6. The van der Waals surface area contributed by atoms with Crippen LogP contribution in [-0.2, 0) is 103 Å². The second kappa shape index (κ2) is 47.8. The van der Waals surface area contributed by atoms with Gasteiger partial charge in [0.25, 0.3) is 0 Å². The van der Waals surface area contributed by atoms with Crippen LogP contribution in [0.25, 0.3) is 27.6 Å². The van der Waals surface area contributed by atoms with Crippen molar-refractivity contribution in [1.29, 1.82) is 0 Å². The molecule has 718 valence electrons. The van der Waals surface area contributed by atoms with Crippen molar-refractivity contribution in [2.24, 2.45) is 0 Å². The Hall–Kier alpha value is -15.6. The van der Waals surface area contributed by atoms with Gasteiger partial charge in [0.05, 0.1) is 33.9 Å². The van der Waals surface area contributed by atoms with E-state index in [-0.39, 0.29) is 107 Å². The molecule has 4 aliphatic rings. The molecule has 19 aromatic rings. The third kappa shape index (κ3) is 22.3. The Bertz CT molecular complexity index is 7090. The summed E-state index contributed by atoms with van der Waals surface area (Å²) in [4.78, 5) is 44.6. The fourth-order valence-corrected chi connectivity index (χ4v) is 22.3. The molecule has 0 fully saturated rings. The molecule has 0 spiro atoms. The van der Waals surface area contributed by atoms with Crippen molar-refractivity contribution in [1.82, 2.24) is 44.4 Å². The molecule has 0 saturated carbocycles. The molecule has 4 aliphatic heterocycles. The van der Waals surface area contributed by atoms with Crippen molar-refractivity contribution in [3.8, 4) is 40.3 Å². The zero-order valence-corrected chi connectivity index (χ0v) is 87.1. The Morgan fingerprint density at radius 3 is 1.27 bits per heavy atom. The predicted molar refractivity (Wildman–Crippen MR) is 555 cm³/mol. The third-order valence-electron chi connectivity index (χ3n) is 24.1. The first-order valence-corrected chi connectivity index (χ1v) is 47.6. The van der Waals surface area contributed by atoms with Crippen molar-refractivity contribution in [2.75, 3.05) is 24.5 Å². The fourth-order valence-electron chi connectivity index (χ4n) is 17.8. The quantitative estimate of drug-likeness (QED) is 0.0254. The van der Waals surface area contributed by atoms with Gasteiger partial charge in [-0.25, -0.2) is 9.97 Å². The molecule has 5 aromatic heterocycles. The Balaban J connectivity index is 0.000000137. The summed E-state index contributed by atoms with van der Waals surface area (Å²) in [5.41, 5.74) is 12.3. The van der Waals surface area contributed by atoms with E-state index >= 15 is 0 Å². The van der Waals surface area contributed by atoms with Crippen LogP contribution >= 0.6 is 0 Å². The summed E-state index contributed by atoms with van der Waals surface area (Å²) in [5.74, 6) is 3.60. The molecule has 0 amide bonds. The van der Waals surface area contributed by atoms with Gasteiger partial charge in [-0.2, -0.15) is 79.2 Å². The number of aromatic hydroxyl groups is 4. The monoisotopic (exact) mass is 2620 g/mol. The average molecular weight is 2620 g/mol. The molecule has 9 heterocycles. The number of rotatable bonds is 24. The normalized spacial score (nSPS) is 12.8. The van der Waals surface area contributed by atoms with E-state index in [0.29, 0.717) is 36.0 Å². The maximum Gasteiger partial charge on any atom is 2.00 e. The van der Waals surface area contributed by atoms with Gasteiger partial charge in [0.15, 0.2) is 8.07 Å². The average Bonchev–Trinajstić information content (AvgIpc) is 1.46. The van der Waals surface area contributed by atoms with Crippen LogP contribution in [0, 0.1) is 50.9 Å². The summed E-state index contributed by atoms with van der Waals surface area (Å²) < 4.78 is 2.09. The third-order valence-corrected chi connectivity index (χ3v) is 28.7. The van der Waals surface area contributed by atoms with Crippen LogP contribution in [-0.4, -0.2) is 72.9 Å². The molecular formula is C119H92N14O6Pt4Si. The first-order chi connectivity index (χ1) is 69.0. The summed E-state index contributed by atoms with van der Waals surface area (Å²) in [6.07, 6.45) is 22.4. The number of aromatic nitrogens is 5. The number of pyridine rings is 4. The van der Waals surface area contributed by atoms with Gasteiger partial charge in [0.1, 0.15) is 34.6 Å². The number of nitrogens with zero attached hydrogens (tertiary/aromatic N) is 14. The molecule has 0 aliphatic carbocycles. The number of hydroxylamine groups is 4. The van der Waals surface area contributed by atoms with E-state index in [1.165, 1.54) is 15.6 Å². The van der Waals surface area contributed by atoms with Gasteiger partial charge in [0.2, 0.25) is 0 Å². The van der Waals surface area contributed by atoms with E-state index in [4.69, 9.17) is 19.6 Å². The number of para-hydroxylation sites is 10. The predicted octanol–water partition coefficient (Wildman–Crippen LogP) is 21.9. The van der Waals surface area contributed by atoms with Crippen molar-refractivity contribution in [3.63, 3.8) is 0 Å². The van der Waals surface area contributed by atoms with E-state index in [0.717, 1.165) is 95.0 Å². The maximum atomic E-state index is 10.3. The van der Waals surface area contributed by atoms with E-state index < -0.39 is 13.5 Å². The van der Waals surface area contributed by atoms with Crippen molar-refractivity contribution >= 4 is 90.7 Å². The molecule has 0 atom stereocenters. The Morgan fingerprint density at radius 1 is 0.326 bits per heavy atom. The fraction of sp³-hybridized carbons (Fsp3) is 0.0252. The van der Waals surface area contributed by atoms with Gasteiger partial charge < -0.3 is 79.1 Å². The number of hydrogen-bond donors (Lipinski definition) is 4. The maximum absolute atomic E-state index is 10.3. The van der Waals surface area contributed by atoms with E-state index in [9.17, 15) is 20.4 Å². The molecule has 14 aromatic carbocycles. The van der Waals surface area contributed by atoms with Gasteiger partial charge >= 0.3 is 84.3 Å². The molecule has 0 saturated heterocycles. The Labute approximate surface area is 896 Å². The second-order valence-electron chi connectivity index (χ2n) is 32.9. The first kappa shape index (κ1) is 101. The number of fused-ring (bicyclic) bond motifs is 3. The summed E-state index contributed by atoms with van der Waals surface area (Å²) in [6, 6.07) is 151. The van der Waals surface area contributed by atoms with Gasteiger partial charge in [-0.15, -0.1) is 65.7 Å². The van der Waals surface area contributed by atoms with Crippen LogP contribution < -0.4 is 55.1 Å². The number of anilines is 7. The van der Waals surface area contributed by atoms with Crippen molar-refractivity contribution in [2.45, 2.75) is 18.5 Å². The van der Waals surface area contributed by atoms with E-state index in [1.807, 2.05) is 278 Å². The topological polar surface area (TPSA) is 185 Å².